The Hall–Kier alpha value is -0.450. The summed E-state index contributed by atoms with van der Waals surface area (Å²) in [6, 6.07) is 0.437. The molecule has 3 nitrogen and oxygen atoms in total. The van der Waals surface area contributed by atoms with Crippen molar-refractivity contribution in [3.8, 4) is 0 Å². The maximum Gasteiger partial charge on any atom is 0.109 e. The van der Waals surface area contributed by atoms with Crippen LogP contribution >= 0.6 is 11.3 Å². The average Bonchev–Trinajstić information content (AvgIpc) is 2.69. The molecule has 0 radical (unpaired) electrons. The largest absolute Gasteiger partial charge is 0.320 e. The third-order valence-electron chi connectivity index (χ3n) is 2.41. The zero-order chi connectivity index (χ0) is 10.4. The Kier molecular flexibility index (Phi) is 5.07. The zero-order valence-corrected chi connectivity index (χ0v) is 9.97. The van der Waals surface area contributed by atoms with Crippen LogP contribution in [-0.4, -0.2) is 37.1 Å². The molecular weight excluding hydrogens is 194 g/mol. The van der Waals surface area contributed by atoms with Gasteiger partial charge in [-0.3, -0.25) is 4.90 Å². The number of hydrogen-bond donors (Lipinski definition) is 1. The third-order valence-corrected chi connectivity index (χ3v) is 3.35. The molecule has 1 N–H and O–H groups in total. The van der Waals surface area contributed by atoms with Crippen LogP contribution in [0.5, 0.6) is 0 Å². The lowest BCUT2D eigenvalue weighted by atomic mass is 10.3. The molecule has 1 aromatic rings. The summed E-state index contributed by atoms with van der Waals surface area (Å²) < 4.78 is 0. The van der Waals surface area contributed by atoms with Gasteiger partial charge in [-0.25, -0.2) is 4.98 Å². The molecule has 1 heterocycles. The zero-order valence-electron chi connectivity index (χ0n) is 9.16. The van der Waals surface area contributed by atoms with Crippen molar-refractivity contribution in [1.29, 1.82) is 0 Å². The van der Waals surface area contributed by atoms with Crippen LogP contribution in [0.15, 0.2) is 11.6 Å². The van der Waals surface area contributed by atoms with Crippen molar-refractivity contribution in [2.75, 3.05) is 27.2 Å². The van der Waals surface area contributed by atoms with Gasteiger partial charge in [-0.1, -0.05) is 0 Å². The first-order valence-electron chi connectivity index (χ1n) is 5.00. The first-order valence-corrected chi connectivity index (χ1v) is 5.88. The molecule has 14 heavy (non-hydrogen) atoms. The SMILES string of the molecule is CNCCCN(C)C(C)c1nccs1. The summed E-state index contributed by atoms with van der Waals surface area (Å²) >= 11 is 1.73. The summed E-state index contributed by atoms with van der Waals surface area (Å²) in [7, 11) is 4.14. The van der Waals surface area contributed by atoms with Crippen molar-refractivity contribution >= 4 is 11.3 Å². The molecule has 1 aromatic heterocycles. The lowest BCUT2D eigenvalue weighted by Crippen LogP contribution is -2.25. The Morgan fingerprint density at radius 2 is 2.43 bits per heavy atom. The van der Waals surface area contributed by atoms with Gasteiger partial charge in [0, 0.05) is 11.6 Å². The molecule has 0 saturated heterocycles. The smallest absolute Gasteiger partial charge is 0.109 e. The third kappa shape index (κ3) is 3.36. The molecule has 0 bridgehead atoms. The van der Waals surface area contributed by atoms with Crippen molar-refractivity contribution in [3.05, 3.63) is 16.6 Å². The lowest BCUT2D eigenvalue weighted by Gasteiger charge is -2.22. The standard InChI is InChI=1S/C10H19N3S/c1-9(10-12-6-8-14-10)13(3)7-4-5-11-2/h6,8-9,11H,4-5,7H2,1-3H3. The van der Waals surface area contributed by atoms with E-state index in [-0.39, 0.29) is 0 Å². The fourth-order valence-corrected chi connectivity index (χ4v) is 2.09. The van der Waals surface area contributed by atoms with E-state index < -0.39 is 0 Å². The van der Waals surface area contributed by atoms with E-state index in [0.29, 0.717) is 6.04 Å². The summed E-state index contributed by atoms with van der Waals surface area (Å²) in [5.41, 5.74) is 0. The van der Waals surface area contributed by atoms with E-state index in [1.165, 1.54) is 11.4 Å². The summed E-state index contributed by atoms with van der Waals surface area (Å²) in [5.74, 6) is 0. The van der Waals surface area contributed by atoms with E-state index >= 15 is 0 Å². The topological polar surface area (TPSA) is 28.2 Å². The van der Waals surface area contributed by atoms with Crippen molar-refractivity contribution < 1.29 is 0 Å². The molecule has 0 aliphatic carbocycles. The molecule has 0 aliphatic heterocycles. The quantitative estimate of drug-likeness (QED) is 0.730. The van der Waals surface area contributed by atoms with Gasteiger partial charge in [-0.05, 0) is 40.5 Å². The Balaban J connectivity index is 2.33. The van der Waals surface area contributed by atoms with Gasteiger partial charge in [-0.15, -0.1) is 11.3 Å². The van der Waals surface area contributed by atoms with Crippen molar-refractivity contribution in [1.82, 2.24) is 15.2 Å². The lowest BCUT2D eigenvalue weighted by molar-refractivity contribution is 0.257. The summed E-state index contributed by atoms with van der Waals surface area (Å²) in [5, 5.41) is 6.40. The molecule has 1 rings (SSSR count). The highest BCUT2D eigenvalue weighted by Gasteiger charge is 2.12. The molecule has 80 valence electrons. The summed E-state index contributed by atoms with van der Waals surface area (Å²) in [6.07, 6.45) is 3.06. The van der Waals surface area contributed by atoms with Crippen LogP contribution in [0.4, 0.5) is 0 Å². The minimum atomic E-state index is 0.437. The first-order chi connectivity index (χ1) is 6.75. The van der Waals surface area contributed by atoms with E-state index in [2.05, 4.69) is 29.2 Å². The predicted molar refractivity (Wildman–Crippen MR) is 61.7 cm³/mol. The molecule has 0 spiro atoms. The van der Waals surface area contributed by atoms with E-state index in [4.69, 9.17) is 0 Å². The molecule has 1 atom stereocenters. The highest BCUT2D eigenvalue weighted by atomic mass is 32.1. The van der Waals surface area contributed by atoms with Gasteiger partial charge in [0.25, 0.3) is 0 Å². The highest BCUT2D eigenvalue weighted by molar-refractivity contribution is 7.09. The van der Waals surface area contributed by atoms with Crippen LogP contribution in [0.25, 0.3) is 0 Å². The van der Waals surface area contributed by atoms with Gasteiger partial charge >= 0.3 is 0 Å². The molecule has 0 aromatic carbocycles. The molecule has 0 fully saturated rings. The van der Waals surface area contributed by atoms with Gasteiger partial charge in [0.1, 0.15) is 5.01 Å². The molecule has 0 amide bonds. The van der Waals surface area contributed by atoms with E-state index in [0.717, 1.165) is 13.1 Å². The van der Waals surface area contributed by atoms with Gasteiger partial charge in [0.15, 0.2) is 0 Å². The van der Waals surface area contributed by atoms with Crippen molar-refractivity contribution in [2.45, 2.75) is 19.4 Å². The Labute approximate surface area is 90.2 Å². The van der Waals surface area contributed by atoms with E-state index in [1.807, 2.05) is 18.6 Å². The molecule has 0 saturated carbocycles. The second-order valence-corrected chi connectivity index (χ2v) is 4.41. The fourth-order valence-electron chi connectivity index (χ4n) is 1.33. The van der Waals surface area contributed by atoms with Crippen LogP contribution in [0.3, 0.4) is 0 Å². The van der Waals surface area contributed by atoms with Crippen LogP contribution in [0, 0.1) is 0 Å². The second-order valence-electron chi connectivity index (χ2n) is 3.48. The first kappa shape index (κ1) is 11.6. The molecular formula is C10H19N3S. The number of nitrogens with one attached hydrogen (secondary N) is 1. The van der Waals surface area contributed by atoms with Gasteiger partial charge in [0.2, 0.25) is 0 Å². The van der Waals surface area contributed by atoms with Crippen LogP contribution < -0.4 is 5.32 Å². The number of rotatable bonds is 6. The number of nitrogens with zero attached hydrogens (tertiary/aromatic N) is 2. The van der Waals surface area contributed by atoms with Crippen LogP contribution in [-0.2, 0) is 0 Å². The average molecular weight is 213 g/mol. The maximum atomic E-state index is 4.33. The normalized spacial score (nSPS) is 13.4. The Morgan fingerprint density at radius 3 is 3.00 bits per heavy atom. The molecule has 1 unspecified atom stereocenters. The monoisotopic (exact) mass is 213 g/mol. The minimum Gasteiger partial charge on any atom is -0.320 e. The number of aromatic nitrogens is 1. The molecule has 0 aliphatic rings. The Morgan fingerprint density at radius 1 is 1.64 bits per heavy atom. The van der Waals surface area contributed by atoms with Crippen molar-refractivity contribution in [2.24, 2.45) is 0 Å². The number of hydrogen-bond acceptors (Lipinski definition) is 4. The second kappa shape index (κ2) is 6.11. The summed E-state index contributed by atoms with van der Waals surface area (Å²) in [6.45, 7) is 4.40. The van der Waals surface area contributed by atoms with E-state index in [1.54, 1.807) is 11.3 Å². The number of thiazole rings is 1. The fraction of sp³-hybridized carbons (Fsp3) is 0.700. The Bertz CT molecular complexity index is 236. The van der Waals surface area contributed by atoms with Gasteiger partial charge in [0.05, 0.1) is 6.04 Å². The van der Waals surface area contributed by atoms with Crippen LogP contribution in [0.1, 0.15) is 24.4 Å². The van der Waals surface area contributed by atoms with Crippen LogP contribution in [0.2, 0.25) is 0 Å². The predicted octanol–water partition coefficient (Wildman–Crippen LogP) is 1.75. The molecule has 4 heteroatoms. The van der Waals surface area contributed by atoms with Crippen molar-refractivity contribution in [3.63, 3.8) is 0 Å². The minimum absolute atomic E-state index is 0.437. The van der Waals surface area contributed by atoms with E-state index in [9.17, 15) is 0 Å². The summed E-state index contributed by atoms with van der Waals surface area (Å²) in [4.78, 5) is 6.67. The highest BCUT2D eigenvalue weighted by Crippen LogP contribution is 2.20. The maximum absolute atomic E-state index is 4.33. The van der Waals surface area contributed by atoms with Gasteiger partial charge in [-0.2, -0.15) is 0 Å². The van der Waals surface area contributed by atoms with Gasteiger partial charge < -0.3 is 5.32 Å².